The van der Waals surface area contributed by atoms with E-state index < -0.39 is 24.1 Å². The van der Waals surface area contributed by atoms with Crippen molar-refractivity contribution in [1.29, 1.82) is 0 Å². The van der Waals surface area contributed by atoms with E-state index >= 15 is 0 Å². The molecule has 0 amide bonds. The van der Waals surface area contributed by atoms with E-state index in [1.54, 1.807) is 36.4 Å². The van der Waals surface area contributed by atoms with Crippen molar-refractivity contribution in [3.63, 3.8) is 0 Å². The SMILES string of the molecule is C=C[C@]1(O)[C@@H](OC)O[C@H](COCc2ccc(Cl)cc2Cl)[C@H]1OCc1ccc(Cl)cc1Cl.O.O.O.O.O.O.O.[Ce+3].[Cl-].[Cl-].[Cl-]. The van der Waals surface area contributed by atoms with Gasteiger partial charge >= 0.3 is 41.7 Å². The first kappa shape index (κ1) is 65.7. The second-order valence-electron chi connectivity index (χ2n) is 7.05. The first-order valence-corrected chi connectivity index (χ1v) is 10.9. The summed E-state index contributed by atoms with van der Waals surface area (Å²) >= 11 is 24.3. The molecule has 1 aliphatic rings. The second-order valence-corrected chi connectivity index (χ2v) is 8.74. The summed E-state index contributed by atoms with van der Waals surface area (Å²) in [5, 5.41) is 13.2. The van der Waals surface area contributed by atoms with E-state index in [1.807, 2.05) is 0 Å². The molecule has 2 aromatic rings. The largest absolute Gasteiger partial charge is 3.00 e. The number of halogens is 7. The van der Waals surface area contributed by atoms with E-state index in [-0.39, 0.29) is 137 Å². The molecule has 0 saturated carbocycles. The fourth-order valence-electron chi connectivity index (χ4n) is 3.34. The third-order valence-corrected chi connectivity index (χ3v) is 6.17. The minimum absolute atomic E-state index is 0. The Balaban J connectivity index is -0.000000141. The third kappa shape index (κ3) is 16.6. The van der Waals surface area contributed by atoms with Crippen LogP contribution in [0, 0.1) is 41.7 Å². The van der Waals surface area contributed by atoms with Gasteiger partial charge in [0.2, 0.25) is 0 Å². The molecule has 1 saturated heterocycles. The molecule has 1 aliphatic heterocycles. The third-order valence-electron chi connectivity index (χ3n) is 5.00. The van der Waals surface area contributed by atoms with Crippen molar-refractivity contribution >= 4 is 46.4 Å². The van der Waals surface area contributed by atoms with Gasteiger partial charge in [-0.05, 0) is 35.4 Å². The zero-order chi connectivity index (χ0) is 22.6. The Morgan fingerprint density at radius 1 is 0.833 bits per heavy atom. The summed E-state index contributed by atoms with van der Waals surface area (Å²) in [6.07, 6.45) is -1.07. The summed E-state index contributed by atoms with van der Waals surface area (Å²) in [4.78, 5) is 0. The number of methoxy groups -OCH3 is 1. The summed E-state index contributed by atoms with van der Waals surface area (Å²) in [7, 11) is 1.43. The molecule has 1 fully saturated rings. The molecule has 12 nitrogen and oxygen atoms in total. The van der Waals surface area contributed by atoms with Crippen LogP contribution in [0.4, 0.5) is 0 Å². The molecule has 0 aliphatic carbocycles. The maximum absolute atomic E-state index is 11.1. The minimum Gasteiger partial charge on any atom is -1.00 e. The molecule has 42 heavy (non-hydrogen) atoms. The molecule has 15 N–H and O–H groups in total. The number of ether oxygens (including phenoxy) is 4. The van der Waals surface area contributed by atoms with Crippen molar-refractivity contribution in [3.8, 4) is 0 Å². The van der Waals surface area contributed by atoms with Crippen LogP contribution in [0.25, 0.3) is 0 Å². The smallest absolute Gasteiger partial charge is 1.00 e. The van der Waals surface area contributed by atoms with Crippen molar-refractivity contribution in [2.75, 3.05) is 13.7 Å². The summed E-state index contributed by atoms with van der Waals surface area (Å²) in [6, 6.07) is 10.3. The predicted octanol–water partition coefficient (Wildman–Crippen LogP) is -9.07. The molecule has 0 bridgehead atoms. The molecule has 1 radical (unpaired) electrons. The Hall–Kier alpha value is 1.11. The molecular weight excluding hydrogens is 845 g/mol. The van der Waals surface area contributed by atoms with Gasteiger partial charge in [0, 0.05) is 27.2 Å². The van der Waals surface area contributed by atoms with Gasteiger partial charge in [0.05, 0.1) is 19.8 Å². The van der Waals surface area contributed by atoms with Gasteiger partial charge < -0.3 is 99.6 Å². The predicted molar refractivity (Wildman–Crippen MR) is 147 cm³/mol. The van der Waals surface area contributed by atoms with Crippen molar-refractivity contribution in [1.82, 2.24) is 0 Å². The monoisotopic (exact) mass is 877 g/mol. The van der Waals surface area contributed by atoms with Crippen LogP contribution in [0.1, 0.15) is 11.1 Å². The van der Waals surface area contributed by atoms with E-state index in [9.17, 15) is 5.11 Å². The van der Waals surface area contributed by atoms with E-state index in [2.05, 4.69) is 6.58 Å². The van der Waals surface area contributed by atoms with Crippen LogP contribution in [-0.4, -0.2) is 81.3 Å². The Kier molecular flexibility index (Phi) is 48.1. The van der Waals surface area contributed by atoms with Gasteiger partial charge in [-0.2, -0.15) is 0 Å². The fourth-order valence-corrected chi connectivity index (χ4v) is 4.26. The van der Waals surface area contributed by atoms with Gasteiger partial charge in [0.25, 0.3) is 0 Å². The molecule has 249 valence electrons. The van der Waals surface area contributed by atoms with Crippen LogP contribution in [0.3, 0.4) is 0 Å². The molecule has 0 spiro atoms. The van der Waals surface area contributed by atoms with Crippen molar-refractivity contribution in [2.24, 2.45) is 0 Å². The van der Waals surface area contributed by atoms with Gasteiger partial charge in [-0.25, -0.2) is 0 Å². The first-order valence-electron chi connectivity index (χ1n) is 9.40. The van der Waals surface area contributed by atoms with Crippen LogP contribution in [0.2, 0.25) is 20.1 Å². The minimum atomic E-state index is -1.58. The van der Waals surface area contributed by atoms with Crippen LogP contribution in [-0.2, 0) is 32.2 Å². The Labute approximate surface area is 316 Å². The van der Waals surface area contributed by atoms with Gasteiger partial charge in [-0.3, -0.25) is 0 Å². The maximum atomic E-state index is 11.1. The number of hydrogen-bond acceptors (Lipinski definition) is 5. The standard InChI is InChI=1S/C22H22Cl4O5.Ce.3ClH.7H2O/c1-3-22(27)20(30-11-14-5-7-16(24)9-18(14)26)19(31-21(22)28-2)12-29-10-13-4-6-15(23)8-17(13)25;;;;;;;;;;;/h3-9,19-21,27H,1,10-12H2,2H3;;3*1H;7*1H2/q;+3;;;;;;;;;;/p-3/t19-,20-,21+,22-;;;;;;;;;;;/m1.........../s1. The number of benzene rings is 2. The molecular formula is C22H36CeCl7O12. The van der Waals surface area contributed by atoms with Crippen LogP contribution in [0.5, 0.6) is 0 Å². The molecule has 1 heterocycles. The topological polar surface area (TPSA) is 278 Å². The van der Waals surface area contributed by atoms with E-state index in [0.29, 0.717) is 25.7 Å². The Bertz CT molecular complexity index is 955. The second kappa shape index (κ2) is 30.7. The summed E-state index contributed by atoms with van der Waals surface area (Å²) in [6.45, 7) is 4.20. The van der Waals surface area contributed by atoms with Crippen molar-refractivity contribution < 1.29 is 141 Å². The molecule has 0 unspecified atom stereocenters. The normalized spacial score (nSPS) is 19.0. The van der Waals surface area contributed by atoms with Crippen molar-refractivity contribution in [3.05, 3.63) is 80.3 Å². The van der Waals surface area contributed by atoms with E-state index in [4.69, 9.17) is 65.4 Å². The summed E-state index contributed by atoms with van der Waals surface area (Å²) in [5.41, 5.74) is -0.0951. The quantitative estimate of drug-likeness (QED) is 0.240. The van der Waals surface area contributed by atoms with E-state index in [1.165, 1.54) is 13.2 Å². The van der Waals surface area contributed by atoms with Crippen LogP contribution < -0.4 is 37.2 Å². The maximum Gasteiger partial charge on any atom is 3.00 e. The number of hydrogen-bond donors (Lipinski definition) is 1. The van der Waals surface area contributed by atoms with Gasteiger partial charge in [0.15, 0.2) is 11.9 Å². The van der Waals surface area contributed by atoms with Gasteiger partial charge in [0.1, 0.15) is 12.2 Å². The summed E-state index contributed by atoms with van der Waals surface area (Å²) < 4.78 is 23.0. The van der Waals surface area contributed by atoms with Crippen LogP contribution >= 0.6 is 46.4 Å². The fraction of sp³-hybridized carbons (Fsp3) is 0.364. The molecule has 3 rings (SSSR count). The molecule has 20 heteroatoms. The van der Waals surface area contributed by atoms with Crippen LogP contribution in [0.15, 0.2) is 49.1 Å². The molecule has 0 aromatic heterocycles. The van der Waals surface area contributed by atoms with Crippen molar-refractivity contribution in [2.45, 2.75) is 37.3 Å². The zero-order valence-corrected chi connectivity index (χ0v) is 30.3. The zero-order valence-electron chi connectivity index (χ0n) is 21.8. The first-order chi connectivity index (χ1) is 14.8. The number of aliphatic hydroxyl groups is 1. The Morgan fingerprint density at radius 3 is 1.64 bits per heavy atom. The van der Waals surface area contributed by atoms with E-state index in [0.717, 1.165) is 5.56 Å². The number of rotatable bonds is 9. The molecule has 4 atom stereocenters. The summed E-state index contributed by atoms with van der Waals surface area (Å²) in [5.74, 6) is 0. The average molecular weight is 881 g/mol. The molecule has 2 aromatic carbocycles. The average Bonchev–Trinajstić information content (AvgIpc) is 3.00. The van der Waals surface area contributed by atoms with Gasteiger partial charge in [-0.15, -0.1) is 0 Å². The Morgan fingerprint density at radius 2 is 1.26 bits per heavy atom. The van der Waals surface area contributed by atoms with Gasteiger partial charge in [-0.1, -0.05) is 71.2 Å².